The zero-order valence-corrected chi connectivity index (χ0v) is 14.2. The molecule has 0 unspecified atom stereocenters. The Kier molecular flexibility index (Phi) is 5.31. The molecule has 122 valence electrons. The number of amides is 1. The van der Waals surface area contributed by atoms with E-state index in [4.69, 9.17) is 4.74 Å². The van der Waals surface area contributed by atoms with E-state index < -0.39 is 0 Å². The van der Waals surface area contributed by atoms with Crippen molar-refractivity contribution in [3.05, 3.63) is 52.2 Å². The van der Waals surface area contributed by atoms with Crippen LogP contribution in [0.3, 0.4) is 0 Å². The minimum Gasteiger partial charge on any atom is -0.497 e. The minimum atomic E-state index is 0.164. The molecule has 4 nitrogen and oxygen atoms in total. The van der Waals surface area contributed by atoms with Gasteiger partial charge >= 0.3 is 0 Å². The van der Waals surface area contributed by atoms with Crippen molar-refractivity contribution in [2.75, 3.05) is 33.3 Å². The summed E-state index contributed by atoms with van der Waals surface area (Å²) in [5.74, 6) is 1.05. The highest BCUT2D eigenvalue weighted by atomic mass is 32.1. The van der Waals surface area contributed by atoms with Gasteiger partial charge in [0.25, 0.3) is 5.91 Å². The number of carbonyl (C=O) groups excluding carboxylic acids is 1. The van der Waals surface area contributed by atoms with Gasteiger partial charge in [-0.05, 0) is 35.6 Å². The van der Waals surface area contributed by atoms with Gasteiger partial charge in [-0.3, -0.25) is 9.69 Å². The molecule has 1 fully saturated rings. The highest BCUT2D eigenvalue weighted by Gasteiger charge is 2.20. The molecule has 1 aliphatic rings. The third-order valence-electron chi connectivity index (χ3n) is 4.21. The maximum atomic E-state index is 12.4. The molecule has 0 bridgehead atoms. The van der Waals surface area contributed by atoms with Crippen LogP contribution < -0.4 is 4.74 Å². The Bertz CT molecular complexity index is 625. The summed E-state index contributed by atoms with van der Waals surface area (Å²) >= 11 is 1.57. The summed E-state index contributed by atoms with van der Waals surface area (Å²) in [4.78, 5) is 16.9. The SMILES string of the molecule is COc1ccc(CN2CCCN(C(=O)c3ccsc3)CC2)cc1. The lowest BCUT2D eigenvalue weighted by atomic mass is 10.2. The van der Waals surface area contributed by atoms with Crippen LogP contribution in [0.15, 0.2) is 41.1 Å². The van der Waals surface area contributed by atoms with Crippen molar-refractivity contribution in [2.45, 2.75) is 13.0 Å². The van der Waals surface area contributed by atoms with Crippen molar-refractivity contribution in [3.8, 4) is 5.75 Å². The molecule has 0 atom stereocenters. The molecule has 1 amide bonds. The fourth-order valence-corrected chi connectivity index (χ4v) is 3.52. The molecule has 0 radical (unpaired) electrons. The average molecular weight is 330 g/mol. The molecule has 2 aromatic rings. The van der Waals surface area contributed by atoms with E-state index in [2.05, 4.69) is 17.0 Å². The van der Waals surface area contributed by atoms with Gasteiger partial charge in [-0.15, -0.1) is 0 Å². The first-order valence-electron chi connectivity index (χ1n) is 7.93. The Hall–Kier alpha value is -1.85. The third-order valence-corrected chi connectivity index (χ3v) is 4.89. The van der Waals surface area contributed by atoms with Crippen LogP contribution in [0.25, 0.3) is 0 Å². The fraction of sp³-hybridized carbons (Fsp3) is 0.389. The first kappa shape index (κ1) is 16.0. The van der Waals surface area contributed by atoms with E-state index in [1.165, 1.54) is 5.56 Å². The molecule has 0 spiro atoms. The van der Waals surface area contributed by atoms with Gasteiger partial charge in [0.2, 0.25) is 0 Å². The molecule has 5 heteroatoms. The van der Waals surface area contributed by atoms with Crippen LogP contribution in [0.4, 0.5) is 0 Å². The zero-order valence-electron chi connectivity index (χ0n) is 13.4. The lowest BCUT2D eigenvalue weighted by molar-refractivity contribution is 0.0761. The van der Waals surface area contributed by atoms with Crippen LogP contribution in [0, 0.1) is 0 Å². The van der Waals surface area contributed by atoms with Gasteiger partial charge in [0.15, 0.2) is 0 Å². The summed E-state index contributed by atoms with van der Waals surface area (Å²) in [5.41, 5.74) is 2.10. The second kappa shape index (κ2) is 7.62. The Morgan fingerprint density at radius 2 is 1.96 bits per heavy atom. The van der Waals surface area contributed by atoms with Crippen molar-refractivity contribution >= 4 is 17.2 Å². The van der Waals surface area contributed by atoms with Crippen molar-refractivity contribution in [1.29, 1.82) is 0 Å². The monoisotopic (exact) mass is 330 g/mol. The van der Waals surface area contributed by atoms with E-state index in [9.17, 15) is 4.79 Å². The molecule has 3 rings (SSSR count). The number of benzene rings is 1. The van der Waals surface area contributed by atoms with Gasteiger partial charge < -0.3 is 9.64 Å². The number of carbonyl (C=O) groups is 1. The fourth-order valence-electron chi connectivity index (χ4n) is 2.89. The predicted octanol–water partition coefficient (Wildman–Crippen LogP) is 3.10. The van der Waals surface area contributed by atoms with Gasteiger partial charge in [0.1, 0.15) is 5.75 Å². The van der Waals surface area contributed by atoms with Gasteiger partial charge in [-0.2, -0.15) is 11.3 Å². The van der Waals surface area contributed by atoms with Crippen LogP contribution in [-0.2, 0) is 6.54 Å². The summed E-state index contributed by atoms with van der Waals surface area (Å²) in [5, 5.41) is 3.89. The van der Waals surface area contributed by atoms with Gasteiger partial charge in [-0.25, -0.2) is 0 Å². The van der Waals surface area contributed by atoms with Crippen LogP contribution in [0.1, 0.15) is 22.3 Å². The first-order chi connectivity index (χ1) is 11.3. The maximum absolute atomic E-state index is 12.4. The Morgan fingerprint density at radius 3 is 2.65 bits per heavy atom. The average Bonchev–Trinajstić information content (AvgIpc) is 3.02. The van der Waals surface area contributed by atoms with Crippen molar-refractivity contribution < 1.29 is 9.53 Å². The standard InChI is InChI=1S/C18H22N2O2S/c1-22-17-5-3-15(4-6-17)13-19-8-2-9-20(11-10-19)18(21)16-7-12-23-14-16/h3-7,12,14H,2,8-11,13H2,1H3. The lowest BCUT2D eigenvalue weighted by Crippen LogP contribution is -2.34. The lowest BCUT2D eigenvalue weighted by Gasteiger charge is -2.22. The van der Waals surface area contributed by atoms with Crippen LogP contribution in [0.2, 0.25) is 0 Å². The summed E-state index contributed by atoms with van der Waals surface area (Å²) in [6.45, 7) is 4.50. The molecule has 23 heavy (non-hydrogen) atoms. The largest absolute Gasteiger partial charge is 0.497 e. The number of rotatable bonds is 4. The predicted molar refractivity (Wildman–Crippen MR) is 93.1 cm³/mol. The number of ether oxygens (including phenoxy) is 1. The molecule has 0 saturated carbocycles. The molecule has 1 aromatic heterocycles. The number of methoxy groups -OCH3 is 1. The van der Waals surface area contributed by atoms with Gasteiger partial charge in [-0.1, -0.05) is 12.1 Å². The molecule has 1 saturated heterocycles. The summed E-state index contributed by atoms with van der Waals surface area (Å²) in [6, 6.07) is 10.1. The van der Waals surface area contributed by atoms with Crippen LogP contribution in [0.5, 0.6) is 5.75 Å². The van der Waals surface area contributed by atoms with Crippen molar-refractivity contribution in [1.82, 2.24) is 9.80 Å². The van der Waals surface area contributed by atoms with E-state index >= 15 is 0 Å². The Labute approximate surface area is 141 Å². The van der Waals surface area contributed by atoms with Crippen LogP contribution in [-0.4, -0.2) is 49.0 Å². The van der Waals surface area contributed by atoms with E-state index in [1.807, 2.05) is 33.9 Å². The summed E-state index contributed by atoms with van der Waals surface area (Å²) in [6.07, 6.45) is 1.02. The molecule has 1 aliphatic heterocycles. The van der Waals surface area contributed by atoms with Gasteiger partial charge in [0, 0.05) is 38.1 Å². The Morgan fingerprint density at radius 1 is 1.13 bits per heavy atom. The van der Waals surface area contributed by atoms with E-state index in [0.29, 0.717) is 0 Å². The van der Waals surface area contributed by atoms with Crippen molar-refractivity contribution in [2.24, 2.45) is 0 Å². The molecule has 0 N–H and O–H groups in total. The summed E-state index contributed by atoms with van der Waals surface area (Å²) in [7, 11) is 1.68. The van der Waals surface area contributed by atoms with Crippen LogP contribution >= 0.6 is 11.3 Å². The second-order valence-corrected chi connectivity index (χ2v) is 6.56. The normalized spacial score (nSPS) is 16.1. The maximum Gasteiger partial charge on any atom is 0.254 e. The molecular formula is C18H22N2O2S. The smallest absolute Gasteiger partial charge is 0.254 e. The summed E-state index contributed by atoms with van der Waals surface area (Å²) < 4.78 is 5.20. The number of hydrogen-bond acceptors (Lipinski definition) is 4. The highest BCUT2D eigenvalue weighted by molar-refractivity contribution is 7.08. The number of hydrogen-bond donors (Lipinski definition) is 0. The highest BCUT2D eigenvalue weighted by Crippen LogP contribution is 2.16. The Balaban J connectivity index is 1.56. The first-order valence-corrected chi connectivity index (χ1v) is 8.87. The van der Waals surface area contributed by atoms with E-state index in [-0.39, 0.29) is 5.91 Å². The van der Waals surface area contributed by atoms with Crippen molar-refractivity contribution in [3.63, 3.8) is 0 Å². The third kappa shape index (κ3) is 4.12. The van der Waals surface area contributed by atoms with E-state index in [1.54, 1.807) is 18.4 Å². The molecule has 0 aliphatic carbocycles. The molecule has 2 heterocycles. The quantitative estimate of drug-likeness (QED) is 0.863. The molecular weight excluding hydrogens is 308 g/mol. The topological polar surface area (TPSA) is 32.8 Å². The van der Waals surface area contributed by atoms with Gasteiger partial charge in [0.05, 0.1) is 12.7 Å². The van der Waals surface area contributed by atoms with E-state index in [0.717, 1.165) is 50.5 Å². The molecule has 1 aromatic carbocycles. The minimum absolute atomic E-state index is 0.164. The number of nitrogens with zero attached hydrogens (tertiary/aromatic N) is 2. The number of thiophene rings is 1. The zero-order chi connectivity index (χ0) is 16.1. The second-order valence-electron chi connectivity index (χ2n) is 5.78.